The fraction of sp³-hybridized carbons (Fsp3) is 0.231. The number of aryl methyl sites for hydroxylation is 1. The maximum atomic E-state index is 9.48. The molecule has 92 valence electrons. The summed E-state index contributed by atoms with van der Waals surface area (Å²) in [6, 6.07) is 5.81. The molecule has 0 saturated carbocycles. The minimum absolute atomic E-state index is 0.528. The Morgan fingerprint density at radius 1 is 1.33 bits per heavy atom. The van der Waals surface area contributed by atoms with Crippen molar-refractivity contribution in [2.75, 3.05) is 0 Å². The first kappa shape index (κ1) is 11.4. The first-order valence-electron chi connectivity index (χ1n) is 5.64. The second-order valence-corrected chi connectivity index (χ2v) is 5.05. The van der Waals surface area contributed by atoms with Crippen LogP contribution >= 0.6 is 11.3 Å². The number of thiazole rings is 1. The van der Waals surface area contributed by atoms with E-state index in [0.29, 0.717) is 5.89 Å². The predicted octanol–water partition coefficient (Wildman–Crippen LogP) is 3.31. The lowest BCUT2D eigenvalue weighted by Gasteiger charge is -1.97. The minimum Gasteiger partial charge on any atom is -0.441 e. The number of hydrogen-bond acceptors (Lipinski definition) is 5. The molecule has 0 amide bonds. The highest BCUT2D eigenvalue weighted by Crippen LogP contribution is 2.28. The van der Waals surface area contributed by atoms with Gasteiger partial charge in [-0.3, -0.25) is 0 Å². The molecule has 1 unspecified atom stereocenters. The van der Waals surface area contributed by atoms with E-state index in [1.54, 1.807) is 6.92 Å². The van der Waals surface area contributed by atoms with E-state index in [1.165, 1.54) is 11.3 Å². The van der Waals surface area contributed by atoms with Crippen LogP contribution in [0.4, 0.5) is 0 Å². The minimum atomic E-state index is -0.528. The molecule has 18 heavy (non-hydrogen) atoms. The van der Waals surface area contributed by atoms with Gasteiger partial charge in [0.25, 0.3) is 0 Å². The van der Waals surface area contributed by atoms with Gasteiger partial charge in [0.05, 0.1) is 5.69 Å². The van der Waals surface area contributed by atoms with Crippen LogP contribution in [0.3, 0.4) is 0 Å². The molecular weight excluding hydrogens is 248 g/mol. The lowest BCUT2D eigenvalue weighted by molar-refractivity contribution is 0.199. The standard InChI is InChI=1S/C13H12N2O2S/c1-7(16)13-15-11(6-18-13)9-3-4-10-12(5-9)17-8(2)14-10/h3-7,16H,1-2H3. The SMILES string of the molecule is Cc1nc2ccc(-c3csc(C(C)O)n3)cc2o1. The number of benzene rings is 1. The number of fused-ring (bicyclic) bond motifs is 1. The predicted molar refractivity (Wildman–Crippen MR) is 70.5 cm³/mol. The fourth-order valence-electron chi connectivity index (χ4n) is 1.81. The molecule has 0 aliphatic carbocycles. The number of hydrogen-bond donors (Lipinski definition) is 1. The highest BCUT2D eigenvalue weighted by atomic mass is 32.1. The molecule has 0 spiro atoms. The molecule has 0 bridgehead atoms. The number of oxazole rings is 1. The smallest absolute Gasteiger partial charge is 0.192 e. The Morgan fingerprint density at radius 2 is 2.17 bits per heavy atom. The summed E-state index contributed by atoms with van der Waals surface area (Å²) in [5.41, 5.74) is 3.44. The van der Waals surface area contributed by atoms with Gasteiger partial charge < -0.3 is 9.52 Å². The summed E-state index contributed by atoms with van der Waals surface area (Å²) in [6.07, 6.45) is -0.528. The van der Waals surface area contributed by atoms with E-state index >= 15 is 0 Å². The van der Waals surface area contributed by atoms with Crippen molar-refractivity contribution in [1.29, 1.82) is 0 Å². The summed E-state index contributed by atoms with van der Waals surface area (Å²) >= 11 is 1.46. The number of aliphatic hydroxyl groups excluding tert-OH is 1. The van der Waals surface area contributed by atoms with E-state index in [2.05, 4.69) is 9.97 Å². The van der Waals surface area contributed by atoms with Gasteiger partial charge in [0, 0.05) is 17.9 Å². The zero-order valence-electron chi connectivity index (χ0n) is 10.0. The molecule has 0 aliphatic heterocycles. The molecule has 0 aliphatic rings. The van der Waals surface area contributed by atoms with Crippen molar-refractivity contribution in [3.63, 3.8) is 0 Å². The first-order valence-corrected chi connectivity index (χ1v) is 6.52. The lowest BCUT2D eigenvalue weighted by atomic mass is 10.1. The first-order chi connectivity index (χ1) is 8.63. The van der Waals surface area contributed by atoms with E-state index < -0.39 is 6.10 Å². The maximum absolute atomic E-state index is 9.48. The van der Waals surface area contributed by atoms with Crippen molar-refractivity contribution in [1.82, 2.24) is 9.97 Å². The molecular formula is C13H12N2O2S. The molecule has 3 aromatic rings. The summed E-state index contributed by atoms with van der Waals surface area (Å²) in [5.74, 6) is 0.657. The molecule has 1 atom stereocenters. The Hall–Kier alpha value is -1.72. The molecule has 0 radical (unpaired) electrons. The number of nitrogens with zero attached hydrogens (tertiary/aromatic N) is 2. The second kappa shape index (κ2) is 4.19. The topological polar surface area (TPSA) is 59.2 Å². The average molecular weight is 260 g/mol. The number of aliphatic hydroxyl groups is 1. The quantitative estimate of drug-likeness (QED) is 0.768. The van der Waals surface area contributed by atoms with E-state index in [-0.39, 0.29) is 0 Å². The van der Waals surface area contributed by atoms with Crippen LogP contribution in [0, 0.1) is 6.92 Å². The van der Waals surface area contributed by atoms with E-state index in [4.69, 9.17) is 4.42 Å². The van der Waals surface area contributed by atoms with Crippen LogP contribution in [0.2, 0.25) is 0 Å². The Labute approximate surface area is 108 Å². The third-order valence-corrected chi connectivity index (χ3v) is 3.69. The van der Waals surface area contributed by atoms with Crippen molar-refractivity contribution < 1.29 is 9.52 Å². The fourth-order valence-corrected chi connectivity index (χ4v) is 2.58. The number of rotatable bonds is 2. The van der Waals surface area contributed by atoms with Gasteiger partial charge in [-0.15, -0.1) is 11.3 Å². The van der Waals surface area contributed by atoms with Crippen LogP contribution in [0.15, 0.2) is 28.0 Å². The third kappa shape index (κ3) is 1.91. The van der Waals surface area contributed by atoms with Crippen molar-refractivity contribution in [3.05, 3.63) is 34.5 Å². The van der Waals surface area contributed by atoms with Crippen LogP contribution in [-0.2, 0) is 0 Å². The van der Waals surface area contributed by atoms with Crippen LogP contribution < -0.4 is 0 Å². The molecule has 2 aromatic heterocycles. The van der Waals surface area contributed by atoms with Gasteiger partial charge in [-0.1, -0.05) is 6.07 Å². The van der Waals surface area contributed by atoms with E-state index in [9.17, 15) is 5.11 Å². The monoisotopic (exact) mass is 260 g/mol. The molecule has 1 N–H and O–H groups in total. The molecule has 1 aromatic carbocycles. The van der Waals surface area contributed by atoms with Crippen LogP contribution in [-0.4, -0.2) is 15.1 Å². The van der Waals surface area contributed by atoms with E-state index in [1.807, 2.05) is 30.5 Å². The van der Waals surface area contributed by atoms with Gasteiger partial charge in [-0.05, 0) is 19.1 Å². The summed E-state index contributed by atoms with van der Waals surface area (Å²) in [7, 11) is 0. The van der Waals surface area contributed by atoms with Gasteiger partial charge in [0.15, 0.2) is 11.5 Å². The van der Waals surface area contributed by atoms with Gasteiger partial charge in [-0.25, -0.2) is 9.97 Å². The Bertz CT molecular complexity index is 700. The van der Waals surface area contributed by atoms with Gasteiger partial charge in [-0.2, -0.15) is 0 Å². The zero-order chi connectivity index (χ0) is 12.7. The van der Waals surface area contributed by atoms with Gasteiger partial charge in [0.2, 0.25) is 0 Å². The zero-order valence-corrected chi connectivity index (χ0v) is 10.9. The largest absolute Gasteiger partial charge is 0.441 e. The van der Waals surface area contributed by atoms with Crippen molar-refractivity contribution in [2.45, 2.75) is 20.0 Å². The molecule has 0 saturated heterocycles. The summed E-state index contributed by atoms with van der Waals surface area (Å²) in [5, 5.41) is 12.1. The van der Waals surface area contributed by atoms with Crippen molar-refractivity contribution in [2.24, 2.45) is 0 Å². The Kier molecular flexibility index (Phi) is 2.65. The maximum Gasteiger partial charge on any atom is 0.192 e. The van der Waals surface area contributed by atoms with E-state index in [0.717, 1.165) is 27.4 Å². The normalized spacial score (nSPS) is 13.1. The highest BCUT2D eigenvalue weighted by molar-refractivity contribution is 7.10. The summed E-state index contributed by atoms with van der Waals surface area (Å²) < 4.78 is 5.50. The molecule has 5 heteroatoms. The number of aromatic nitrogens is 2. The van der Waals surface area contributed by atoms with Crippen LogP contribution in [0.1, 0.15) is 23.9 Å². The highest BCUT2D eigenvalue weighted by Gasteiger charge is 2.10. The van der Waals surface area contributed by atoms with Crippen molar-refractivity contribution in [3.8, 4) is 11.3 Å². The van der Waals surface area contributed by atoms with Crippen LogP contribution in [0.5, 0.6) is 0 Å². The molecule has 0 fully saturated rings. The molecule has 2 heterocycles. The molecule has 3 rings (SSSR count). The van der Waals surface area contributed by atoms with Gasteiger partial charge in [0.1, 0.15) is 16.6 Å². The summed E-state index contributed by atoms with van der Waals surface area (Å²) in [6.45, 7) is 3.54. The average Bonchev–Trinajstić information content (AvgIpc) is 2.91. The second-order valence-electron chi connectivity index (χ2n) is 4.16. The molecule has 4 nitrogen and oxygen atoms in total. The third-order valence-electron chi connectivity index (χ3n) is 2.67. The van der Waals surface area contributed by atoms with Crippen LogP contribution in [0.25, 0.3) is 22.4 Å². The lowest BCUT2D eigenvalue weighted by Crippen LogP contribution is -1.89. The Morgan fingerprint density at radius 3 is 2.89 bits per heavy atom. The summed E-state index contributed by atoms with van der Waals surface area (Å²) in [4.78, 5) is 8.66. The Balaban J connectivity index is 2.06. The van der Waals surface area contributed by atoms with Crippen molar-refractivity contribution >= 4 is 22.4 Å². The van der Waals surface area contributed by atoms with Gasteiger partial charge >= 0.3 is 0 Å².